The molecule has 3 aromatic carbocycles. The third kappa shape index (κ3) is 4.20. The van der Waals surface area contributed by atoms with Crippen LogP contribution in [0.15, 0.2) is 72.8 Å². The number of nitrogens with one attached hydrogen (secondary N) is 1. The third-order valence-electron chi connectivity index (χ3n) is 4.95. The number of rotatable bonds is 4. The van der Waals surface area contributed by atoms with E-state index in [0.29, 0.717) is 11.3 Å². The summed E-state index contributed by atoms with van der Waals surface area (Å²) in [5, 5.41) is 2.86. The van der Waals surface area contributed by atoms with Crippen molar-refractivity contribution in [1.82, 2.24) is 0 Å². The molecule has 1 atom stereocenters. The molecule has 4 nitrogen and oxygen atoms in total. The molecular formula is C24H22N2O2S. The summed E-state index contributed by atoms with van der Waals surface area (Å²) in [4.78, 5) is 26.7. The Morgan fingerprint density at radius 1 is 0.897 bits per heavy atom. The summed E-state index contributed by atoms with van der Waals surface area (Å²) in [6.45, 7) is 4.03. The minimum absolute atomic E-state index is 0.0629. The second-order valence-corrected chi connectivity index (χ2v) is 8.27. The van der Waals surface area contributed by atoms with Crippen LogP contribution in [0.3, 0.4) is 0 Å². The highest BCUT2D eigenvalue weighted by Crippen LogP contribution is 2.41. The van der Waals surface area contributed by atoms with Gasteiger partial charge in [0.25, 0.3) is 5.91 Å². The topological polar surface area (TPSA) is 49.4 Å². The van der Waals surface area contributed by atoms with Crippen molar-refractivity contribution in [2.45, 2.75) is 19.2 Å². The van der Waals surface area contributed by atoms with E-state index in [-0.39, 0.29) is 17.2 Å². The number of anilines is 2. The number of carbonyl (C=O) groups excluding carboxylic acids is 2. The van der Waals surface area contributed by atoms with E-state index >= 15 is 0 Å². The SMILES string of the molecule is Cc1ccc(C(=O)Nc2ccc([C@H]3SCC(=O)N3c3ccc(C)cc3)cc2)cc1. The van der Waals surface area contributed by atoms with Crippen LogP contribution in [0.5, 0.6) is 0 Å². The van der Waals surface area contributed by atoms with Gasteiger partial charge in [0.15, 0.2) is 0 Å². The molecule has 5 heteroatoms. The Bertz CT molecular complexity index is 1030. The molecule has 1 heterocycles. The number of thioether (sulfide) groups is 1. The Morgan fingerprint density at radius 3 is 2.10 bits per heavy atom. The maximum atomic E-state index is 12.5. The van der Waals surface area contributed by atoms with Crippen molar-refractivity contribution in [1.29, 1.82) is 0 Å². The zero-order valence-electron chi connectivity index (χ0n) is 16.4. The molecular weight excluding hydrogens is 380 g/mol. The molecule has 0 bridgehead atoms. The van der Waals surface area contributed by atoms with Gasteiger partial charge in [0.1, 0.15) is 5.37 Å². The minimum Gasteiger partial charge on any atom is -0.322 e. The van der Waals surface area contributed by atoms with E-state index in [2.05, 4.69) is 5.32 Å². The molecule has 1 saturated heterocycles. The van der Waals surface area contributed by atoms with E-state index in [1.165, 1.54) is 5.56 Å². The average Bonchev–Trinajstić information content (AvgIpc) is 3.11. The van der Waals surface area contributed by atoms with Crippen LogP contribution in [0.1, 0.15) is 32.4 Å². The molecule has 146 valence electrons. The Labute approximate surface area is 174 Å². The Hall–Kier alpha value is -3.05. The van der Waals surface area contributed by atoms with Crippen LogP contribution in [0.2, 0.25) is 0 Å². The molecule has 0 saturated carbocycles. The first-order chi connectivity index (χ1) is 14.0. The number of benzene rings is 3. The van der Waals surface area contributed by atoms with Crippen LogP contribution < -0.4 is 10.2 Å². The zero-order chi connectivity index (χ0) is 20.4. The number of amides is 2. The van der Waals surface area contributed by atoms with E-state index in [1.54, 1.807) is 11.8 Å². The number of hydrogen-bond donors (Lipinski definition) is 1. The highest BCUT2D eigenvalue weighted by molar-refractivity contribution is 8.00. The zero-order valence-corrected chi connectivity index (χ0v) is 17.2. The summed E-state index contributed by atoms with van der Waals surface area (Å²) < 4.78 is 0. The summed E-state index contributed by atoms with van der Waals surface area (Å²) in [6, 6.07) is 23.2. The van der Waals surface area contributed by atoms with Crippen molar-refractivity contribution in [2.24, 2.45) is 0 Å². The summed E-state index contributed by atoms with van der Waals surface area (Å²) in [7, 11) is 0. The molecule has 0 radical (unpaired) electrons. The van der Waals surface area contributed by atoms with Crippen LogP contribution in [-0.2, 0) is 4.79 Å². The molecule has 2 amide bonds. The fraction of sp³-hybridized carbons (Fsp3) is 0.167. The summed E-state index contributed by atoms with van der Waals surface area (Å²) in [5.74, 6) is 0.440. The first-order valence-corrected chi connectivity index (χ1v) is 10.5. The molecule has 1 fully saturated rings. The summed E-state index contributed by atoms with van der Waals surface area (Å²) in [5.41, 5.74) is 5.59. The number of nitrogens with zero attached hydrogens (tertiary/aromatic N) is 1. The largest absolute Gasteiger partial charge is 0.322 e. The van der Waals surface area contributed by atoms with Gasteiger partial charge in [0.2, 0.25) is 5.91 Å². The first kappa shape index (κ1) is 19.3. The van der Waals surface area contributed by atoms with Crippen molar-refractivity contribution in [3.63, 3.8) is 0 Å². The van der Waals surface area contributed by atoms with Crippen LogP contribution in [0.4, 0.5) is 11.4 Å². The van der Waals surface area contributed by atoms with Crippen LogP contribution in [0.25, 0.3) is 0 Å². The maximum Gasteiger partial charge on any atom is 0.255 e. The van der Waals surface area contributed by atoms with E-state index in [4.69, 9.17) is 0 Å². The first-order valence-electron chi connectivity index (χ1n) is 9.49. The van der Waals surface area contributed by atoms with Crippen LogP contribution >= 0.6 is 11.8 Å². The highest BCUT2D eigenvalue weighted by Gasteiger charge is 2.33. The standard InChI is InChI=1S/C24H22N2O2S/c1-16-3-7-18(8-4-16)23(28)25-20-11-9-19(10-12-20)24-26(22(27)15-29-24)21-13-5-17(2)6-14-21/h3-14,24H,15H2,1-2H3,(H,25,28)/t24-/m1/s1. The molecule has 1 aliphatic heterocycles. The molecule has 4 rings (SSSR count). The number of carbonyl (C=O) groups is 2. The van der Waals surface area contributed by atoms with Gasteiger partial charge in [-0.1, -0.05) is 47.5 Å². The van der Waals surface area contributed by atoms with Gasteiger partial charge in [-0.3, -0.25) is 14.5 Å². The van der Waals surface area contributed by atoms with Crippen molar-refractivity contribution < 1.29 is 9.59 Å². The Morgan fingerprint density at radius 2 is 1.48 bits per heavy atom. The maximum absolute atomic E-state index is 12.5. The van der Waals surface area contributed by atoms with Gasteiger partial charge >= 0.3 is 0 Å². The fourth-order valence-corrected chi connectivity index (χ4v) is 4.47. The van der Waals surface area contributed by atoms with Crippen LogP contribution in [0, 0.1) is 13.8 Å². The molecule has 0 unspecified atom stereocenters. The van der Waals surface area contributed by atoms with Crippen molar-refractivity contribution in [3.8, 4) is 0 Å². The quantitative estimate of drug-likeness (QED) is 0.641. The smallest absolute Gasteiger partial charge is 0.255 e. The second-order valence-electron chi connectivity index (χ2n) is 7.20. The summed E-state index contributed by atoms with van der Waals surface area (Å²) in [6.07, 6.45) is 0. The fourth-order valence-electron chi connectivity index (χ4n) is 3.29. The lowest BCUT2D eigenvalue weighted by atomic mass is 10.1. The van der Waals surface area contributed by atoms with Gasteiger partial charge < -0.3 is 5.32 Å². The summed E-state index contributed by atoms with van der Waals surface area (Å²) >= 11 is 1.62. The predicted octanol–water partition coefficient (Wildman–Crippen LogP) is 5.33. The van der Waals surface area contributed by atoms with Crippen molar-refractivity contribution in [3.05, 3.63) is 95.1 Å². The Kier molecular flexibility index (Phi) is 5.41. The lowest BCUT2D eigenvalue weighted by Gasteiger charge is -2.24. The monoisotopic (exact) mass is 402 g/mol. The lowest BCUT2D eigenvalue weighted by molar-refractivity contribution is -0.115. The van der Waals surface area contributed by atoms with E-state index in [0.717, 1.165) is 22.5 Å². The molecule has 29 heavy (non-hydrogen) atoms. The molecule has 0 aromatic heterocycles. The van der Waals surface area contributed by atoms with Crippen LogP contribution in [-0.4, -0.2) is 17.6 Å². The third-order valence-corrected chi connectivity index (χ3v) is 6.16. The van der Waals surface area contributed by atoms with Gasteiger partial charge in [-0.05, 0) is 55.8 Å². The van der Waals surface area contributed by atoms with Gasteiger partial charge in [-0.15, -0.1) is 11.8 Å². The molecule has 1 aliphatic rings. The van der Waals surface area contributed by atoms with Gasteiger partial charge in [0.05, 0.1) is 5.75 Å². The molecule has 1 N–H and O–H groups in total. The molecule has 3 aromatic rings. The average molecular weight is 403 g/mol. The van der Waals surface area contributed by atoms with Crippen molar-refractivity contribution >= 4 is 35.0 Å². The van der Waals surface area contributed by atoms with Gasteiger partial charge in [-0.2, -0.15) is 0 Å². The normalized spacial score (nSPS) is 16.1. The van der Waals surface area contributed by atoms with Gasteiger partial charge in [-0.25, -0.2) is 0 Å². The predicted molar refractivity (Wildman–Crippen MR) is 119 cm³/mol. The second kappa shape index (κ2) is 8.13. The molecule has 0 spiro atoms. The van der Waals surface area contributed by atoms with E-state index in [1.807, 2.05) is 91.5 Å². The van der Waals surface area contributed by atoms with Gasteiger partial charge in [0, 0.05) is 16.9 Å². The van der Waals surface area contributed by atoms with Crippen molar-refractivity contribution in [2.75, 3.05) is 16.0 Å². The highest BCUT2D eigenvalue weighted by atomic mass is 32.2. The lowest BCUT2D eigenvalue weighted by Crippen LogP contribution is -2.27. The van der Waals surface area contributed by atoms with E-state index < -0.39 is 0 Å². The number of aryl methyl sites for hydroxylation is 2. The minimum atomic E-state index is -0.135. The molecule has 0 aliphatic carbocycles. The number of hydrogen-bond acceptors (Lipinski definition) is 3. The Balaban J connectivity index is 1.50. The van der Waals surface area contributed by atoms with E-state index in [9.17, 15) is 9.59 Å².